The number of hydrogen-bond acceptors (Lipinski definition) is 0. The van der Waals surface area contributed by atoms with Gasteiger partial charge in [-0.1, -0.05) is 0 Å². The average Bonchev–Trinajstić information content (AvgIpc) is 2.32. The van der Waals surface area contributed by atoms with Crippen molar-refractivity contribution in [2.45, 2.75) is 37.0 Å². The van der Waals surface area contributed by atoms with Crippen molar-refractivity contribution < 1.29 is 18.4 Å². The molecule has 0 amide bonds. The second-order valence-electron chi connectivity index (χ2n) is 3.35. The van der Waals surface area contributed by atoms with Crippen LogP contribution in [0.15, 0.2) is 0 Å². The zero-order valence-corrected chi connectivity index (χ0v) is 9.65. The second-order valence-corrected chi connectivity index (χ2v) is 14.9. The fraction of sp³-hybridized carbons (Fsp3) is 1.00. The molecule has 0 aromatic heterocycles. The third kappa shape index (κ3) is 1.49. The molecule has 0 aromatic rings. The SMILES string of the molecule is CCC1CCC[I-]1(C)CC. The molecule has 1 aliphatic rings. The molecule has 64 valence electrons. The zero-order chi connectivity index (χ0) is 7.61. The molecule has 2 atom stereocenters. The molecule has 0 spiro atoms. The van der Waals surface area contributed by atoms with E-state index in [1.807, 2.05) is 0 Å². The van der Waals surface area contributed by atoms with Crippen LogP contribution in [-0.2, 0) is 0 Å². The molecular weight excluding hydrogens is 235 g/mol. The summed E-state index contributed by atoms with van der Waals surface area (Å²) in [6.07, 6.45) is 4.60. The van der Waals surface area contributed by atoms with Gasteiger partial charge in [0.25, 0.3) is 0 Å². The van der Waals surface area contributed by atoms with Gasteiger partial charge in [-0.25, -0.2) is 0 Å². The van der Waals surface area contributed by atoms with Crippen LogP contribution < -0.4 is 18.4 Å². The Bertz CT molecular complexity index is 111. The first-order valence-electron chi connectivity index (χ1n) is 4.36. The fourth-order valence-electron chi connectivity index (χ4n) is 1.95. The van der Waals surface area contributed by atoms with E-state index in [9.17, 15) is 0 Å². The quantitative estimate of drug-likeness (QED) is 0.455. The topological polar surface area (TPSA) is 0 Å². The van der Waals surface area contributed by atoms with E-state index >= 15 is 0 Å². The van der Waals surface area contributed by atoms with Gasteiger partial charge in [0.15, 0.2) is 0 Å². The Balaban J connectivity index is 2.56. The summed E-state index contributed by atoms with van der Waals surface area (Å²) in [6.45, 7) is 4.80. The molecule has 0 saturated carbocycles. The van der Waals surface area contributed by atoms with E-state index in [0.717, 1.165) is 0 Å². The van der Waals surface area contributed by atoms with E-state index < -0.39 is 18.4 Å². The van der Waals surface area contributed by atoms with E-state index in [0.29, 0.717) is 0 Å². The normalized spacial score (nSPS) is 46.9. The molecule has 1 fully saturated rings. The van der Waals surface area contributed by atoms with Crippen LogP contribution in [-0.4, -0.2) is 17.7 Å². The zero-order valence-electron chi connectivity index (χ0n) is 7.49. The molecule has 10 heavy (non-hydrogen) atoms. The van der Waals surface area contributed by atoms with E-state index in [2.05, 4.69) is 18.8 Å². The van der Waals surface area contributed by atoms with Crippen LogP contribution in [0.5, 0.6) is 0 Å². The summed E-state index contributed by atoms with van der Waals surface area (Å²) < 4.78 is 4.42. The standard InChI is InChI=1S/C9H20I/c1-4-9-7-6-8-10(9,3)5-2/h9H,4-8H2,1-3H3/q-1. The molecule has 1 heterocycles. The summed E-state index contributed by atoms with van der Waals surface area (Å²) >= 11 is -1.10. The van der Waals surface area contributed by atoms with Crippen molar-refractivity contribution in [3.63, 3.8) is 0 Å². The number of halogens is 1. The summed E-state index contributed by atoms with van der Waals surface area (Å²) in [4.78, 5) is 2.65. The van der Waals surface area contributed by atoms with Crippen LogP contribution in [0.2, 0.25) is 0 Å². The van der Waals surface area contributed by atoms with Crippen molar-refractivity contribution in [2.75, 3.05) is 13.8 Å². The van der Waals surface area contributed by atoms with Gasteiger partial charge in [-0.05, 0) is 0 Å². The van der Waals surface area contributed by atoms with Crippen LogP contribution in [0.25, 0.3) is 0 Å². The van der Waals surface area contributed by atoms with Gasteiger partial charge >= 0.3 is 69.3 Å². The van der Waals surface area contributed by atoms with Crippen molar-refractivity contribution in [3.8, 4) is 0 Å². The van der Waals surface area contributed by atoms with Gasteiger partial charge in [0.2, 0.25) is 0 Å². The van der Waals surface area contributed by atoms with Gasteiger partial charge < -0.3 is 0 Å². The molecular formula is C9H20I-. The molecule has 0 aromatic carbocycles. The Labute approximate surface area is 69.3 Å². The minimum absolute atomic E-state index is 1.10. The van der Waals surface area contributed by atoms with Gasteiger partial charge in [-0.15, -0.1) is 0 Å². The number of rotatable bonds is 2. The van der Waals surface area contributed by atoms with E-state index in [1.54, 1.807) is 21.7 Å². The summed E-state index contributed by atoms with van der Waals surface area (Å²) in [7, 11) is 0. The van der Waals surface area contributed by atoms with Crippen molar-refractivity contribution >= 4 is 0 Å². The van der Waals surface area contributed by atoms with Crippen LogP contribution in [0, 0.1) is 0 Å². The Morgan fingerprint density at radius 2 is 2.10 bits per heavy atom. The molecule has 1 aliphatic heterocycles. The predicted molar refractivity (Wildman–Crippen MR) is 44.6 cm³/mol. The number of hydrogen-bond donors (Lipinski definition) is 0. The van der Waals surface area contributed by atoms with E-state index in [1.165, 1.54) is 10.3 Å². The molecule has 1 saturated heterocycles. The Morgan fingerprint density at radius 3 is 2.50 bits per heavy atom. The third-order valence-corrected chi connectivity index (χ3v) is 15.4. The molecule has 1 heteroatoms. The van der Waals surface area contributed by atoms with Crippen LogP contribution in [0.1, 0.15) is 33.1 Å². The predicted octanol–water partition coefficient (Wildman–Crippen LogP) is -0.631. The van der Waals surface area contributed by atoms with Gasteiger partial charge in [-0.3, -0.25) is 0 Å². The molecule has 0 bridgehead atoms. The van der Waals surface area contributed by atoms with Gasteiger partial charge in [0, 0.05) is 0 Å². The number of alkyl halides is 4. The Morgan fingerprint density at radius 1 is 1.40 bits per heavy atom. The van der Waals surface area contributed by atoms with Crippen molar-refractivity contribution in [1.82, 2.24) is 0 Å². The maximum absolute atomic E-state index is 2.65. The monoisotopic (exact) mass is 255 g/mol. The van der Waals surface area contributed by atoms with E-state index in [-0.39, 0.29) is 0 Å². The molecule has 0 aliphatic carbocycles. The van der Waals surface area contributed by atoms with Gasteiger partial charge in [-0.2, -0.15) is 0 Å². The second kappa shape index (κ2) is 3.42. The van der Waals surface area contributed by atoms with Crippen molar-refractivity contribution in [1.29, 1.82) is 0 Å². The van der Waals surface area contributed by atoms with Crippen molar-refractivity contribution in [3.05, 3.63) is 0 Å². The molecule has 1 rings (SSSR count). The maximum atomic E-state index is 2.65. The van der Waals surface area contributed by atoms with Crippen molar-refractivity contribution in [2.24, 2.45) is 0 Å². The molecule has 2 unspecified atom stereocenters. The van der Waals surface area contributed by atoms with Gasteiger partial charge in [0.1, 0.15) is 0 Å². The first-order valence-corrected chi connectivity index (χ1v) is 10.8. The first kappa shape index (κ1) is 8.82. The summed E-state index contributed by atoms with van der Waals surface area (Å²) in [5.74, 6) is 0. The van der Waals surface area contributed by atoms with Crippen LogP contribution in [0.3, 0.4) is 0 Å². The minimum atomic E-state index is -1.10. The molecule has 0 radical (unpaired) electrons. The van der Waals surface area contributed by atoms with Crippen LogP contribution >= 0.6 is 0 Å². The summed E-state index contributed by atoms with van der Waals surface area (Å²) in [5.41, 5.74) is 0. The third-order valence-electron chi connectivity index (χ3n) is 2.88. The molecule has 0 nitrogen and oxygen atoms in total. The first-order chi connectivity index (χ1) is 4.73. The molecule has 0 N–H and O–H groups in total. The Kier molecular flexibility index (Phi) is 3.02. The summed E-state index contributed by atoms with van der Waals surface area (Å²) in [5, 5.41) is 0. The fourth-order valence-corrected chi connectivity index (χ4v) is 11.1. The van der Waals surface area contributed by atoms with E-state index in [4.69, 9.17) is 0 Å². The summed E-state index contributed by atoms with van der Waals surface area (Å²) in [6, 6.07) is 0. The Hall–Kier alpha value is 0.730. The van der Waals surface area contributed by atoms with Gasteiger partial charge in [0.05, 0.1) is 0 Å². The average molecular weight is 255 g/mol. The van der Waals surface area contributed by atoms with Crippen LogP contribution in [0.4, 0.5) is 0 Å².